The maximum Gasteiger partial charge on any atom is 0.236 e. The monoisotopic (exact) mass is 227 g/mol. The molecule has 0 aliphatic heterocycles. The Labute approximate surface area is 89.2 Å². The summed E-state index contributed by atoms with van der Waals surface area (Å²) in [7, 11) is 0. The third-order valence-corrected chi connectivity index (χ3v) is 2.51. The van der Waals surface area contributed by atoms with Crippen molar-refractivity contribution in [1.82, 2.24) is 30.3 Å². The second-order valence-corrected chi connectivity index (χ2v) is 3.54. The van der Waals surface area contributed by atoms with Crippen molar-refractivity contribution in [3.8, 4) is 0 Å². The van der Waals surface area contributed by atoms with Gasteiger partial charge in [0.2, 0.25) is 11.0 Å². The van der Waals surface area contributed by atoms with Crippen LogP contribution in [0.5, 0.6) is 0 Å². The van der Waals surface area contributed by atoms with E-state index in [9.17, 15) is 0 Å². The number of hydrogen-bond donors (Lipinski definition) is 1. The van der Waals surface area contributed by atoms with Crippen LogP contribution in [0, 0.1) is 0 Å². The van der Waals surface area contributed by atoms with Crippen LogP contribution >= 0.6 is 11.8 Å². The topological polar surface area (TPSA) is 109 Å². The fourth-order valence-electron chi connectivity index (χ4n) is 0.948. The molecule has 8 nitrogen and oxygen atoms in total. The summed E-state index contributed by atoms with van der Waals surface area (Å²) in [5.41, 5.74) is 5.41. The number of rotatable bonds is 5. The zero-order valence-electron chi connectivity index (χ0n) is 7.78. The van der Waals surface area contributed by atoms with Gasteiger partial charge >= 0.3 is 0 Å². The lowest BCUT2D eigenvalue weighted by molar-refractivity contribution is 0.390. The van der Waals surface area contributed by atoms with E-state index >= 15 is 0 Å². The summed E-state index contributed by atoms with van der Waals surface area (Å²) < 4.78 is 6.49. The Balaban J connectivity index is 1.95. The Bertz CT molecular complexity index is 399. The van der Waals surface area contributed by atoms with E-state index in [4.69, 9.17) is 10.3 Å². The second-order valence-electron chi connectivity index (χ2n) is 2.60. The molecular weight excluding hydrogens is 218 g/mol. The van der Waals surface area contributed by atoms with Gasteiger partial charge in [-0.25, -0.2) is 4.68 Å². The predicted octanol–water partition coefficient (Wildman–Crippen LogP) is -0.693. The maximum atomic E-state index is 5.41. The third kappa shape index (κ3) is 2.50. The molecule has 0 saturated carbocycles. The molecule has 2 heterocycles. The summed E-state index contributed by atoms with van der Waals surface area (Å²) in [5, 5.41) is 15.4. The lowest BCUT2D eigenvalue weighted by Crippen LogP contribution is -2.12. The minimum atomic E-state index is 0.499. The van der Waals surface area contributed by atoms with Crippen LogP contribution in [-0.4, -0.2) is 36.9 Å². The first-order chi connectivity index (χ1) is 7.40. The van der Waals surface area contributed by atoms with E-state index in [2.05, 4.69) is 25.7 Å². The molecule has 0 bridgehead atoms. The van der Waals surface area contributed by atoms with Crippen molar-refractivity contribution in [3.63, 3.8) is 0 Å². The van der Waals surface area contributed by atoms with Gasteiger partial charge in [-0.05, 0) is 10.4 Å². The third-order valence-electron chi connectivity index (χ3n) is 1.57. The average molecular weight is 227 g/mol. The molecule has 0 radical (unpaired) electrons. The van der Waals surface area contributed by atoms with Gasteiger partial charge in [-0.1, -0.05) is 16.9 Å². The van der Waals surface area contributed by atoms with Crippen LogP contribution < -0.4 is 5.73 Å². The fraction of sp³-hybridized carbons (Fsp3) is 0.500. The summed E-state index contributed by atoms with van der Waals surface area (Å²) >= 11 is 1.43. The van der Waals surface area contributed by atoms with Gasteiger partial charge in [-0.3, -0.25) is 0 Å². The Morgan fingerprint density at radius 3 is 3.20 bits per heavy atom. The van der Waals surface area contributed by atoms with Crippen LogP contribution in [0.15, 0.2) is 16.0 Å². The lowest BCUT2D eigenvalue weighted by Gasteiger charge is -1.99. The summed E-state index contributed by atoms with van der Waals surface area (Å²) in [6.07, 6.45) is 1.36. The van der Waals surface area contributed by atoms with Gasteiger partial charge in [-0.2, -0.15) is 4.98 Å². The van der Waals surface area contributed by atoms with E-state index in [1.165, 1.54) is 18.1 Å². The summed E-state index contributed by atoms with van der Waals surface area (Å²) in [6, 6.07) is 0. The normalized spacial score (nSPS) is 10.7. The molecular formula is C6H9N7OS. The molecule has 2 N–H and O–H groups in total. The molecule has 15 heavy (non-hydrogen) atoms. The molecule has 0 unspecified atom stereocenters. The second kappa shape index (κ2) is 4.84. The van der Waals surface area contributed by atoms with Crippen LogP contribution in [0.3, 0.4) is 0 Å². The number of thioether (sulfide) groups is 1. The van der Waals surface area contributed by atoms with Crippen LogP contribution in [0.1, 0.15) is 5.89 Å². The summed E-state index contributed by atoms with van der Waals surface area (Å²) in [5.74, 6) is 1.09. The molecule has 0 aromatic carbocycles. The average Bonchev–Trinajstić information content (AvgIpc) is 2.85. The highest BCUT2D eigenvalue weighted by Crippen LogP contribution is 2.17. The Hall–Kier alpha value is -1.48. The van der Waals surface area contributed by atoms with Crippen LogP contribution in [0.2, 0.25) is 0 Å². The van der Waals surface area contributed by atoms with Gasteiger partial charge in [0.05, 0.1) is 12.3 Å². The number of nitrogens with zero attached hydrogens (tertiary/aromatic N) is 6. The van der Waals surface area contributed by atoms with Crippen molar-refractivity contribution in [2.24, 2.45) is 5.73 Å². The van der Waals surface area contributed by atoms with E-state index in [1.807, 2.05) is 0 Å². The van der Waals surface area contributed by atoms with Crippen molar-refractivity contribution in [1.29, 1.82) is 0 Å². The van der Waals surface area contributed by atoms with Gasteiger partial charge in [0.1, 0.15) is 0 Å². The van der Waals surface area contributed by atoms with E-state index in [0.717, 1.165) is 0 Å². The molecule has 9 heteroatoms. The highest BCUT2D eigenvalue weighted by molar-refractivity contribution is 7.98. The van der Waals surface area contributed by atoms with E-state index in [1.54, 1.807) is 4.68 Å². The SMILES string of the molecule is NCCn1nnnc1SCc1ncno1. The maximum absolute atomic E-state index is 5.41. The van der Waals surface area contributed by atoms with Crippen LogP contribution in [0.25, 0.3) is 0 Å². The first kappa shape index (κ1) is 10.1. The quantitative estimate of drug-likeness (QED) is 0.668. The summed E-state index contributed by atoms with van der Waals surface area (Å²) in [4.78, 5) is 3.89. The van der Waals surface area contributed by atoms with Crippen molar-refractivity contribution >= 4 is 11.8 Å². The molecule has 0 fully saturated rings. The number of aromatic nitrogens is 6. The highest BCUT2D eigenvalue weighted by Gasteiger charge is 2.08. The molecule has 0 saturated heterocycles. The van der Waals surface area contributed by atoms with Crippen molar-refractivity contribution in [2.45, 2.75) is 17.5 Å². The summed E-state index contributed by atoms with van der Waals surface area (Å²) in [6.45, 7) is 1.10. The molecule has 2 aromatic rings. The first-order valence-corrected chi connectivity index (χ1v) is 5.23. The van der Waals surface area contributed by atoms with Gasteiger partial charge in [0, 0.05) is 6.54 Å². The van der Waals surface area contributed by atoms with Gasteiger partial charge in [-0.15, -0.1) is 5.10 Å². The molecule has 2 rings (SSSR count). The smallest absolute Gasteiger partial charge is 0.236 e. The molecule has 0 amide bonds. The molecule has 0 aliphatic rings. The molecule has 80 valence electrons. The lowest BCUT2D eigenvalue weighted by atomic mass is 10.7. The van der Waals surface area contributed by atoms with Crippen LogP contribution in [-0.2, 0) is 12.3 Å². The largest absolute Gasteiger partial charge is 0.339 e. The zero-order chi connectivity index (χ0) is 10.5. The van der Waals surface area contributed by atoms with Gasteiger partial charge in [0.15, 0.2) is 6.33 Å². The minimum Gasteiger partial charge on any atom is -0.339 e. The minimum absolute atomic E-state index is 0.499. The predicted molar refractivity (Wildman–Crippen MR) is 50.7 cm³/mol. The molecule has 0 atom stereocenters. The standard InChI is InChI=1S/C6H9N7OS/c7-1-2-13-6(10-11-12-13)15-3-5-8-4-9-14-5/h4H,1-3,7H2. The Kier molecular flexibility index (Phi) is 3.25. The fourth-order valence-corrected chi connectivity index (χ4v) is 1.70. The van der Waals surface area contributed by atoms with Crippen molar-refractivity contribution < 1.29 is 4.52 Å². The van der Waals surface area contributed by atoms with E-state index < -0.39 is 0 Å². The van der Waals surface area contributed by atoms with Gasteiger partial charge < -0.3 is 10.3 Å². The van der Waals surface area contributed by atoms with Crippen molar-refractivity contribution in [2.75, 3.05) is 6.54 Å². The zero-order valence-corrected chi connectivity index (χ0v) is 8.59. The molecule has 0 aliphatic carbocycles. The first-order valence-electron chi connectivity index (χ1n) is 4.24. The Morgan fingerprint density at radius 1 is 1.53 bits per heavy atom. The number of hydrogen-bond acceptors (Lipinski definition) is 8. The highest BCUT2D eigenvalue weighted by atomic mass is 32.2. The van der Waals surface area contributed by atoms with E-state index in [0.29, 0.717) is 29.9 Å². The number of nitrogens with two attached hydrogens (primary N) is 1. The number of tetrazole rings is 1. The van der Waals surface area contributed by atoms with E-state index in [-0.39, 0.29) is 0 Å². The Morgan fingerprint density at radius 2 is 2.47 bits per heavy atom. The van der Waals surface area contributed by atoms with Crippen molar-refractivity contribution in [3.05, 3.63) is 12.2 Å². The van der Waals surface area contributed by atoms with Gasteiger partial charge in [0.25, 0.3) is 0 Å². The molecule has 0 spiro atoms. The van der Waals surface area contributed by atoms with Crippen LogP contribution in [0.4, 0.5) is 0 Å². The molecule has 2 aromatic heterocycles.